The minimum atomic E-state index is -4.70. The Morgan fingerprint density at radius 3 is 1.81 bits per heavy atom. The topological polar surface area (TPSA) is 80.3 Å². The summed E-state index contributed by atoms with van der Waals surface area (Å²) in [5.41, 5.74) is -0.334. The summed E-state index contributed by atoms with van der Waals surface area (Å²) in [7, 11) is -8.30. The van der Waals surface area contributed by atoms with Crippen LogP contribution in [-0.4, -0.2) is 28.1 Å². The fourth-order valence-electron chi connectivity index (χ4n) is 2.74. The van der Waals surface area contributed by atoms with Crippen LogP contribution in [0.2, 0.25) is 0 Å². The number of nitrogens with one attached hydrogen (secondary N) is 1. The molecule has 0 spiro atoms. The van der Waals surface area contributed by atoms with E-state index < -0.39 is 47.8 Å². The molecule has 0 aliphatic heterocycles. The second-order valence-electron chi connectivity index (χ2n) is 8.89. The normalized spacial score (nSPS) is 13.9. The number of benzene rings is 2. The van der Waals surface area contributed by atoms with Crippen molar-refractivity contribution in [2.24, 2.45) is 0 Å². The van der Waals surface area contributed by atoms with Gasteiger partial charge in [0.05, 0.1) is 20.1 Å². The van der Waals surface area contributed by atoms with Crippen molar-refractivity contribution in [1.82, 2.24) is 4.72 Å². The fraction of sp³-hybridized carbons (Fsp3) is 0.429. The monoisotopic (exact) mass is 477 g/mol. The molecule has 0 atom stereocenters. The third-order valence-corrected chi connectivity index (χ3v) is 8.81. The third kappa shape index (κ3) is 5.67. The molecule has 0 aliphatic rings. The summed E-state index contributed by atoms with van der Waals surface area (Å²) in [5, 5.41) is 0. The van der Waals surface area contributed by atoms with Crippen LogP contribution in [0.5, 0.6) is 0 Å². The molecular formula is C21H26F3NO4S2. The quantitative estimate of drug-likeness (QED) is 0.663. The largest absolute Gasteiger partial charge is 0.416 e. The molecule has 172 valence electrons. The van der Waals surface area contributed by atoms with Crippen LogP contribution in [0.1, 0.15) is 45.7 Å². The Kier molecular flexibility index (Phi) is 6.72. The number of halogens is 3. The average molecular weight is 478 g/mol. The van der Waals surface area contributed by atoms with Gasteiger partial charge in [-0.15, -0.1) is 0 Å². The molecule has 0 saturated carbocycles. The first-order valence-electron chi connectivity index (χ1n) is 9.40. The van der Waals surface area contributed by atoms with E-state index in [1.807, 2.05) is 20.8 Å². The molecular weight excluding hydrogens is 451 g/mol. The number of alkyl halides is 3. The van der Waals surface area contributed by atoms with Crippen LogP contribution in [-0.2, 0) is 31.5 Å². The Bertz CT molecular complexity index is 1150. The van der Waals surface area contributed by atoms with Gasteiger partial charge in [-0.25, -0.2) is 21.6 Å². The lowest BCUT2D eigenvalue weighted by atomic mass is 9.87. The van der Waals surface area contributed by atoms with E-state index in [9.17, 15) is 30.0 Å². The van der Waals surface area contributed by atoms with Gasteiger partial charge in [0.2, 0.25) is 10.0 Å². The lowest BCUT2D eigenvalue weighted by molar-refractivity contribution is -0.137. The van der Waals surface area contributed by atoms with Crippen LogP contribution in [0.4, 0.5) is 13.2 Å². The van der Waals surface area contributed by atoms with E-state index in [1.54, 1.807) is 12.1 Å². The van der Waals surface area contributed by atoms with Gasteiger partial charge in [0.25, 0.3) is 0 Å². The minimum Gasteiger partial charge on any atom is -0.223 e. The number of sulfone groups is 1. The molecule has 0 heterocycles. The number of hydrogen-bond acceptors (Lipinski definition) is 4. The summed E-state index contributed by atoms with van der Waals surface area (Å²) in [5.74, 6) is 0. The third-order valence-electron chi connectivity index (χ3n) is 4.92. The van der Waals surface area contributed by atoms with Gasteiger partial charge in [-0.05, 0) is 55.2 Å². The van der Waals surface area contributed by atoms with Crippen LogP contribution in [0.15, 0.2) is 58.3 Å². The zero-order valence-corrected chi connectivity index (χ0v) is 19.5. The maximum Gasteiger partial charge on any atom is 0.416 e. The zero-order valence-electron chi connectivity index (χ0n) is 17.9. The molecule has 2 aromatic carbocycles. The summed E-state index contributed by atoms with van der Waals surface area (Å²) in [6, 6.07) is 9.61. The van der Waals surface area contributed by atoms with Crippen molar-refractivity contribution in [2.45, 2.75) is 60.7 Å². The van der Waals surface area contributed by atoms with Crippen molar-refractivity contribution < 1.29 is 30.0 Å². The van der Waals surface area contributed by atoms with Gasteiger partial charge in [0.15, 0.2) is 9.84 Å². The average Bonchev–Trinajstić information content (AvgIpc) is 2.65. The van der Waals surface area contributed by atoms with E-state index in [2.05, 4.69) is 4.72 Å². The van der Waals surface area contributed by atoms with Gasteiger partial charge in [0.1, 0.15) is 0 Å². The van der Waals surface area contributed by atoms with Crippen LogP contribution in [0.25, 0.3) is 0 Å². The smallest absolute Gasteiger partial charge is 0.223 e. The van der Waals surface area contributed by atoms with E-state index in [-0.39, 0.29) is 10.3 Å². The molecule has 5 nitrogen and oxygen atoms in total. The van der Waals surface area contributed by atoms with E-state index in [4.69, 9.17) is 0 Å². The highest BCUT2D eigenvalue weighted by molar-refractivity contribution is 7.93. The fourth-order valence-corrected chi connectivity index (χ4v) is 5.48. The van der Waals surface area contributed by atoms with Crippen molar-refractivity contribution in [3.05, 3.63) is 59.7 Å². The Balaban J connectivity index is 2.27. The molecule has 2 rings (SSSR count). The highest BCUT2D eigenvalue weighted by atomic mass is 32.2. The van der Waals surface area contributed by atoms with Gasteiger partial charge in [0, 0.05) is 6.54 Å². The first-order valence-corrected chi connectivity index (χ1v) is 12.4. The summed E-state index contributed by atoms with van der Waals surface area (Å²) in [6.45, 7) is 7.94. The predicted octanol–water partition coefficient (Wildman–Crippen LogP) is 4.53. The summed E-state index contributed by atoms with van der Waals surface area (Å²) in [6.07, 6.45) is -4.70. The SMILES string of the molecule is CC(C)(C)c1ccc(S(=O)(=O)NCC(C)(C)S(=O)(=O)c2cccc(C(F)(F)F)c2)cc1. The Hall–Kier alpha value is -1.91. The molecule has 31 heavy (non-hydrogen) atoms. The number of sulfonamides is 1. The van der Waals surface area contributed by atoms with Gasteiger partial charge in [-0.2, -0.15) is 13.2 Å². The lowest BCUT2D eigenvalue weighted by Gasteiger charge is -2.25. The van der Waals surface area contributed by atoms with Crippen molar-refractivity contribution in [3.8, 4) is 0 Å². The van der Waals surface area contributed by atoms with E-state index >= 15 is 0 Å². The number of rotatable bonds is 6. The second kappa shape index (κ2) is 8.22. The van der Waals surface area contributed by atoms with Crippen molar-refractivity contribution in [2.75, 3.05) is 6.54 Å². The zero-order chi connectivity index (χ0) is 23.9. The molecule has 0 unspecified atom stereocenters. The molecule has 2 aromatic rings. The lowest BCUT2D eigenvalue weighted by Crippen LogP contribution is -2.44. The van der Waals surface area contributed by atoms with Gasteiger partial charge in [-0.1, -0.05) is 39.0 Å². The molecule has 0 radical (unpaired) electrons. The minimum absolute atomic E-state index is 0.0345. The molecule has 0 aromatic heterocycles. The van der Waals surface area contributed by atoms with Crippen molar-refractivity contribution >= 4 is 19.9 Å². The van der Waals surface area contributed by atoms with Gasteiger partial charge < -0.3 is 0 Å². The first kappa shape index (κ1) is 25.4. The van der Waals surface area contributed by atoms with Crippen molar-refractivity contribution in [3.63, 3.8) is 0 Å². The van der Waals surface area contributed by atoms with Crippen LogP contribution in [0.3, 0.4) is 0 Å². The van der Waals surface area contributed by atoms with Crippen LogP contribution >= 0.6 is 0 Å². The molecule has 0 aliphatic carbocycles. The standard InChI is InChI=1S/C21H26F3NO4S2/c1-19(2,3)15-9-11-17(12-10-15)31(28,29)25-14-20(4,5)30(26,27)18-8-6-7-16(13-18)21(22,23)24/h6-13,25H,14H2,1-5H3. The number of hydrogen-bond donors (Lipinski definition) is 1. The summed E-state index contributed by atoms with van der Waals surface area (Å²) < 4.78 is 90.6. The predicted molar refractivity (Wildman–Crippen MR) is 113 cm³/mol. The molecule has 0 saturated heterocycles. The summed E-state index contributed by atoms with van der Waals surface area (Å²) in [4.78, 5) is -0.561. The Morgan fingerprint density at radius 1 is 0.774 bits per heavy atom. The van der Waals surface area contributed by atoms with Gasteiger partial charge >= 0.3 is 6.18 Å². The summed E-state index contributed by atoms with van der Waals surface area (Å²) >= 11 is 0. The van der Waals surface area contributed by atoms with E-state index in [0.717, 1.165) is 23.8 Å². The molecule has 10 heteroatoms. The molecule has 0 fully saturated rings. The highest BCUT2D eigenvalue weighted by Crippen LogP contribution is 2.33. The van der Waals surface area contributed by atoms with Crippen LogP contribution in [0, 0.1) is 0 Å². The molecule has 0 amide bonds. The second-order valence-corrected chi connectivity index (χ2v) is 13.2. The van der Waals surface area contributed by atoms with Crippen LogP contribution < -0.4 is 4.72 Å². The molecule has 1 N–H and O–H groups in total. The first-order chi connectivity index (χ1) is 13.9. The van der Waals surface area contributed by atoms with E-state index in [0.29, 0.717) is 6.07 Å². The molecule has 0 bridgehead atoms. The Labute approximate surface area is 181 Å². The highest BCUT2D eigenvalue weighted by Gasteiger charge is 2.39. The van der Waals surface area contributed by atoms with E-state index in [1.165, 1.54) is 26.0 Å². The Morgan fingerprint density at radius 2 is 1.32 bits per heavy atom. The maximum atomic E-state index is 13.0. The van der Waals surface area contributed by atoms with Gasteiger partial charge in [-0.3, -0.25) is 0 Å². The maximum absolute atomic E-state index is 13.0. The van der Waals surface area contributed by atoms with Crippen molar-refractivity contribution in [1.29, 1.82) is 0 Å².